The Morgan fingerprint density at radius 1 is 1.00 bits per heavy atom. The van der Waals surface area contributed by atoms with Crippen LogP contribution in [0.4, 0.5) is 0 Å². The summed E-state index contributed by atoms with van der Waals surface area (Å²) < 4.78 is 26.4. The van der Waals surface area contributed by atoms with Gasteiger partial charge < -0.3 is 9.80 Å². The van der Waals surface area contributed by atoms with Crippen LogP contribution in [0.25, 0.3) is 0 Å². The van der Waals surface area contributed by atoms with E-state index in [0.717, 1.165) is 19.6 Å². The maximum atomic E-state index is 12.5. The summed E-state index contributed by atoms with van der Waals surface area (Å²) in [4.78, 5) is 16.9. The smallest absolute Gasteiger partial charge is 0.253 e. The van der Waals surface area contributed by atoms with Crippen molar-refractivity contribution < 1.29 is 13.2 Å². The molecule has 0 aliphatic carbocycles. The van der Waals surface area contributed by atoms with Crippen molar-refractivity contribution in [1.29, 1.82) is 0 Å². The number of piperazine rings is 1. The molecular weight excluding hydrogens is 326 g/mol. The monoisotopic (exact) mass is 353 g/mol. The standard InChI is InChI=1S/C17H27N3O3S/c1-4-18-11-13-19(14-12-18)17(21)15-7-9-16(10-8-15)24(22,23)20(5-2)6-3/h7-10H,4-6,11-14H2,1-3H3. The predicted molar refractivity (Wildman–Crippen MR) is 94.6 cm³/mol. The lowest BCUT2D eigenvalue weighted by molar-refractivity contribution is 0.0643. The molecule has 1 aromatic rings. The van der Waals surface area contributed by atoms with Crippen molar-refractivity contribution >= 4 is 15.9 Å². The van der Waals surface area contributed by atoms with Crippen LogP contribution in [0.2, 0.25) is 0 Å². The Labute approximate surface area is 145 Å². The minimum absolute atomic E-state index is 0.0301. The summed E-state index contributed by atoms with van der Waals surface area (Å²) in [5.74, 6) is -0.0301. The van der Waals surface area contributed by atoms with E-state index in [1.165, 1.54) is 16.4 Å². The Balaban J connectivity index is 2.11. The summed E-state index contributed by atoms with van der Waals surface area (Å²) in [5, 5.41) is 0. The van der Waals surface area contributed by atoms with Crippen LogP contribution in [-0.4, -0.2) is 74.2 Å². The maximum absolute atomic E-state index is 12.5. The minimum atomic E-state index is -3.48. The number of amides is 1. The van der Waals surface area contributed by atoms with E-state index in [4.69, 9.17) is 0 Å². The molecule has 7 heteroatoms. The summed E-state index contributed by atoms with van der Waals surface area (Å²) in [5.41, 5.74) is 0.540. The van der Waals surface area contributed by atoms with Crippen molar-refractivity contribution in [3.63, 3.8) is 0 Å². The first-order valence-electron chi connectivity index (χ1n) is 8.55. The van der Waals surface area contributed by atoms with Gasteiger partial charge in [0.05, 0.1) is 4.90 Å². The van der Waals surface area contributed by atoms with Gasteiger partial charge in [0, 0.05) is 44.8 Å². The van der Waals surface area contributed by atoms with Crippen molar-refractivity contribution in [1.82, 2.24) is 14.1 Å². The van der Waals surface area contributed by atoms with Crippen LogP contribution >= 0.6 is 0 Å². The summed E-state index contributed by atoms with van der Waals surface area (Å²) in [6, 6.07) is 6.29. The third-order valence-electron chi connectivity index (χ3n) is 4.55. The van der Waals surface area contributed by atoms with Gasteiger partial charge in [-0.1, -0.05) is 20.8 Å². The average Bonchev–Trinajstić information content (AvgIpc) is 2.62. The van der Waals surface area contributed by atoms with Crippen molar-refractivity contribution in [2.75, 3.05) is 45.8 Å². The molecule has 0 aromatic heterocycles. The van der Waals surface area contributed by atoms with Gasteiger partial charge in [0.2, 0.25) is 10.0 Å². The largest absolute Gasteiger partial charge is 0.336 e. The molecule has 0 bridgehead atoms. The van der Waals surface area contributed by atoms with Crippen LogP contribution in [0, 0.1) is 0 Å². The highest BCUT2D eigenvalue weighted by molar-refractivity contribution is 7.89. The number of carbonyl (C=O) groups is 1. The quantitative estimate of drug-likeness (QED) is 0.777. The summed E-state index contributed by atoms with van der Waals surface area (Å²) in [7, 11) is -3.48. The third-order valence-corrected chi connectivity index (χ3v) is 6.62. The maximum Gasteiger partial charge on any atom is 0.253 e. The molecule has 2 rings (SSSR count). The van der Waals surface area contributed by atoms with Gasteiger partial charge in [-0.25, -0.2) is 8.42 Å². The van der Waals surface area contributed by atoms with Crippen molar-refractivity contribution in [3.05, 3.63) is 29.8 Å². The van der Waals surface area contributed by atoms with Crippen LogP contribution < -0.4 is 0 Å². The fraction of sp³-hybridized carbons (Fsp3) is 0.588. The SMILES string of the molecule is CCN1CCN(C(=O)c2ccc(S(=O)(=O)N(CC)CC)cc2)CC1. The normalized spacial score (nSPS) is 16.6. The molecular formula is C17H27N3O3S. The van der Waals surface area contributed by atoms with Gasteiger partial charge >= 0.3 is 0 Å². The van der Waals surface area contributed by atoms with Crippen LogP contribution in [0.3, 0.4) is 0 Å². The van der Waals surface area contributed by atoms with E-state index in [-0.39, 0.29) is 10.8 Å². The molecule has 1 aliphatic heterocycles. The van der Waals surface area contributed by atoms with Crippen LogP contribution in [0.15, 0.2) is 29.2 Å². The topological polar surface area (TPSA) is 60.9 Å². The molecule has 0 radical (unpaired) electrons. The second kappa shape index (κ2) is 8.09. The molecule has 6 nitrogen and oxygen atoms in total. The number of sulfonamides is 1. The Hall–Kier alpha value is -1.44. The lowest BCUT2D eigenvalue weighted by Crippen LogP contribution is -2.48. The second-order valence-corrected chi connectivity index (χ2v) is 7.78. The lowest BCUT2D eigenvalue weighted by atomic mass is 10.2. The third kappa shape index (κ3) is 3.96. The molecule has 1 aromatic carbocycles. The van der Waals surface area contributed by atoms with E-state index in [0.29, 0.717) is 31.7 Å². The zero-order valence-corrected chi connectivity index (χ0v) is 15.6. The van der Waals surface area contributed by atoms with Crippen molar-refractivity contribution in [2.45, 2.75) is 25.7 Å². The molecule has 1 aliphatic rings. The molecule has 0 unspecified atom stereocenters. The number of benzene rings is 1. The zero-order valence-electron chi connectivity index (χ0n) is 14.7. The molecule has 0 spiro atoms. The van der Waals surface area contributed by atoms with Gasteiger partial charge in [0.25, 0.3) is 5.91 Å². The predicted octanol–water partition coefficient (Wildman–Crippen LogP) is 1.49. The Morgan fingerprint density at radius 3 is 2.00 bits per heavy atom. The number of likely N-dealkylation sites (N-methyl/N-ethyl adjacent to an activating group) is 1. The Bertz CT molecular complexity index is 646. The van der Waals surface area contributed by atoms with E-state index >= 15 is 0 Å². The molecule has 134 valence electrons. The van der Waals surface area contributed by atoms with E-state index in [1.54, 1.807) is 12.1 Å². The first-order valence-corrected chi connectivity index (χ1v) is 9.99. The van der Waals surface area contributed by atoms with Crippen LogP contribution in [0.1, 0.15) is 31.1 Å². The van der Waals surface area contributed by atoms with E-state index < -0.39 is 10.0 Å². The van der Waals surface area contributed by atoms with Gasteiger partial charge in [-0.3, -0.25) is 4.79 Å². The second-order valence-electron chi connectivity index (χ2n) is 5.84. The molecule has 0 atom stereocenters. The first-order chi connectivity index (χ1) is 11.4. The van der Waals surface area contributed by atoms with E-state index in [9.17, 15) is 13.2 Å². The molecule has 1 amide bonds. The summed E-state index contributed by atoms with van der Waals surface area (Å²) in [6.45, 7) is 10.8. The van der Waals surface area contributed by atoms with Gasteiger partial charge in [-0.15, -0.1) is 0 Å². The number of carbonyl (C=O) groups excluding carboxylic acids is 1. The highest BCUT2D eigenvalue weighted by Gasteiger charge is 2.24. The molecule has 1 saturated heterocycles. The molecule has 1 heterocycles. The van der Waals surface area contributed by atoms with Crippen molar-refractivity contribution in [3.8, 4) is 0 Å². The van der Waals surface area contributed by atoms with Gasteiger partial charge in [-0.2, -0.15) is 4.31 Å². The van der Waals surface area contributed by atoms with Gasteiger partial charge in [0.15, 0.2) is 0 Å². The molecule has 24 heavy (non-hydrogen) atoms. The van der Waals surface area contributed by atoms with Gasteiger partial charge in [0.1, 0.15) is 0 Å². The average molecular weight is 353 g/mol. The fourth-order valence-corrected chi connectivity index (χ4v) is 4.39. The summed E-state index contributed by atoms with van der Waals surface area (Å²) >= 11 is 0. The Morgan fingerprint density at radius 2 is 1.54 bits per heavy atom. The van der Waals surface area contributed by atoms with Crippen molar-refractivity contribution in [2.24, 2.45) is 0 Å². The number of hydrogen-bond acceptors (Lipinski definition) is 4. The molecule has 1 fully saturated rings. The highest BCUT2D eigenvalue weighted by Crippen LogP contribution is 2.17. The lowest BCUT2D eigenvalue weighted by Gasteiger charge is -2.34. The molecule has 0 saturated carbocycles. The fourth-order valence-electron chi connectivity index (χ4n) is 2.93. The number of rotatable bonds is 6. The number of hydrogen-bond donors (Lipinski definition) is 0. The van der Waals surface area contributed by atoms with Crippen LogP contribution in [0.5, 0.6) is 0 Å². The first kappa shape index (κ1) is 18.9. The number of nitrogens with zero attached hydrogens (tertiary/aromatic N) is 3. The zero-order chi connectivity index (χ0) is 17.7. The summed E-state index contributed by atoms with van der Waals surface area (Å²) in [6.07, 6.45) is 0. The van der Waals surface area contributed by atoms with E-state index in [2.05, 4.69) is 11.8 Å². The van der Waals surface area contributed by atoms with Gasteiger partial charge in [-0.05, 0) is 30.8 Å². The van der Waals surface area contributed by atoms with Crippen LogP contribution in [-0.2, 0) is 10.0 Å². The Kier molecular flexibility index (Phi) is 6.37. The minimum Gasteiger partial charge on any atom is -0.336 e. The highest BCUT2D eigenvalue weighted by atomic mass is 32.2. The molecule has 0 N–H and O–H groups in total. The van der Waals surface area contributed by atoms with E-state index in [1.807, 2.05) is 18.7 Å².